The summed E-state index contributed by atoms with van der Waals surface area (Å²) in [6.45, 7) is 9.43. The van der Waals surface area contributed by atoms with Gasteiger partial charge in [-0.2, -0.15) is 0 Å². The number of halogens is 1. The molecule has 0 saturated carbocycles. The zero-order valence-electron chi connectivity index (χ0n) is 11.9. The Morgan fingerprint density at radius 3 is 2.21 bits per heavy atom. The summed E-state index contributed by atoms with van der Waals surface area (Å²) in [5.41, 5.74) is 5.08. The van der Waals surface area contributed by atoms with Crippen molar-refractivity contribution in [1.82, 2.24) is 5.32 Å². The van der Waals surface area contributed by atoms with Crippen LogP contribution in [-0.2, 0) is 0 Å². The second-order valence-electron chi connectivity index (χ2n) is 5.02. The van der Waals surface area contributed by atoms with Gasteiger partial charge in [-0.05, 0) is 44.5 Å². The van der Waals surface area contributed by atoms with Gasteiger partial charge in [0.25, 0.3) is 0 Å². The first kappa shape index (κ1) is 14.6. The molecule has 0 fully saturated rings. The Labute approximate surface area is 124 Å². The number of benzene rings is 1. The van der Waals surface area contributed by atoms with Crippen molar-refractivity contribution in [2.45, 2.75) is 33.7 Å². The minimum atomic E-state index is 0.236. The van der Waals surface area contributed by atoms with Crippen molar-refractivity contribution in [3.8, 4) is 0 Å². The van der Waals surface area contributed by atoms with Gasteiger partial charge in [-0.1, -0.05) is 47.9 Å². The molecule has 0 bridgehead atoms. The molecule has 1 N–H and O–H groups in total. The standard InChI is InChI=1S/C16H20ClNS/c1-5-18-15(14-9-12(4)16(17)19-14)13-7-10(2)6-11(3)8-13/h6-9,15,18H,5H2,1-4H3. The van der Waals surface area contributed by atoms with Crippen LogP contribution in [0, 0.1) is 20.8 Å². The Balaban J connectivity index is 2.44. The maximum atomic E-state index is 6.21. The molecule has 2 rings (SSSR count). The van der Waals surface area contributed by atoms with Gasteiger partial charge < -0.3 is 5.32 Å². The second-order valence-corrected chi connectivity index (χ2v) is 6.70. The van der Waals surface area contributed by atoms with Crippen LogP contribution < -0.4 is 5.32 Å². The molecule has 0 saturated heterocycles. The lowest BCUT2D eigenvalue weighted by Crippen LogP contribution is -2.21. The summed E-state index contributed by atoms with van der Waals surface area (Å²) < 4.78 is 0.891. The normalized spacial score (nSPS) is 12.7. The van der Waals surface area contributed by atoms with E-state index in [1.54, 1.807) is 11.3 Å². The second kappa shape index (κ2) is 6.08. The largest absolute Gasteiger partial charge is 0.306 e. The molecular formula is C16H20ClNS. The summed E-state index contributed by atoms with van der Waals surface area (Å²) >= 11 is 7.89. The van der Waals surface area contributed by atoms with Gasteiger partial charge in [0, 0.05) is 4.88 Å². The highest BCUT2D eigenvalue weighted by molar-refractivity contribution is 7.16. The van der Waals surface area contributed by atoms with E-state index in [0.29, 0.717) is 0 Å². The van der Waals surface area contributed by atoms with Crippen LogP contribution in [0.15, 0.2) is 24.3 Å². The molecule has 0 radical (unpaired) electrons. The van der Waals surface area contributed by atoms with Gasteiger partial charge in [0.1, 0.15) is 0 Å². The molecule has 0 aliphatic heterocycles. The van der Waals surface area contributed by atoms with E-state index in [0.717, 1.165) is 16.4 Å². The van der Waals surface area contributed by atoms with Crippen LogP contribution in [0.1, 0.15) is 40.1 Å². The summed E-state index contributed by atoms with van der Waals surface area (Å²) in [5.74, 6) is 0. The molecule has 19 heavy (non-hydrogen) atoms. The molecule has 0 aliphatic carbocycles. The first-order chi connectivity index (χ1) is 9.01. The summed E-state index contributed by atoms with van der Waals surface area (Å²) in [4.78, 5) is 1.29. The van der Waals surface area contributed by atoms with Crippen molar-refractivity contribution in [2.24, 2.45) is 0 Å². The lowest BCUT2D eigenvalue weighted by molar-refractivity contribution is 0.638. The Morgan fingerprint density at radius 1 is 1.11 bits per heavy atom. The number of hydrogen-bond acceptors (Lipinski definition) is 2. The topological polar surface area (TPSA) is 12.0 Å². The predicted octanol–water partition coefficient (Wildman–Crippen LogP) is 5.03. The molecule has 1 aromatic carbocycles. The quantitative estimate of drug-likeness (QED) is 0.834. The van der Waals surface area contributed by atoms with E-state index in [4.69, 9.17) is 11.6 Å². The van der Waals surface area contributed by atoms with E-state index in [1.165, 1.54) is 21.6 Å². The molecule has 1 aromatic heterocycles. The van der Waals surface area contributed by atoms with Crippen molar-refractivity contribution in [3.63, 3.8) is 0 Å². The summed E-state index contributed by atoms with van der Waals surface area (Å²) in [6, 6.07) is 9.14. The zero-order chi connectivity index (χ0) is 14.0. The van der Waals surface area contributed by atoms with Crippen LogP contribution in [0.2, 0.25) is 4.34 Å². The Bertz CT molecular complexity index is 534. The maximum absolute atomic E-state index is 6.21. The van der Waals surface area contributed by atoms with Gasteiger partial charge in [-0.3, -0.25) is 0 Å². The minimum absolute atomic E-state index is 0.236. The molecule has 0 amide bonds. The smallest absolute Gasteiger partial charge is 0.0961 e. The zero-order valence-corrected chi connectivity index (χ0v) is 13.5. The number of thiophene rings is 1. The van der Waals surface area contributed by atoms with E-state index in [1.807, 2.05) is 0 Å². The van der Waals surface area contributed by atoms with Crippen molar-refractivity contribution in [1.29, 1.82) is 0 Å². The lowest BCUT2D eigenvalue weighted by atomic mass is 10.00. The SMILES string of the molecule is CCNC(c1cc(C)cc(C)c1)c1cc(C)c(Cl)s1. The van der Waals surface area contributed by atoms with Gasteiger partial charge >= 0.3 is 0 Å². The van der Waals surface area contributed by atoms with E-state index in [-0.39, 0.29) is 6.04 Å². The molecule has 0 aliphatic rings. The van der Waals surface area contributed by atoms with E-state index < -0.39 is 0 Å². The summed E-state index contributed by atoms with van der Waals surface area (Å²) in [6.07, 6.45) is 0. The van der Waals surface area contributed by atoms with Gasteiger partial charge in [0.15, 0.2) is 0 Å². The maximum Gasteiger partial charge on any atom is 0.0961 e. The molecule has 1 unspecified atom stereocenters. The monoisotopic (exact) mass is 293 g/mol. The van der Waals surface area contributed by atoms with Crippen LogP contribution in [0.4, 0.5) is 0 Å². The van der Waals surface area contributed by atoms with Crippen LogP contribution in [0.25, 0.3) is 0 Å². The molecule has 0 spiro atoms. The summed E-state index contributed by atoms with van der Waals surface area (Å²) in [7, 11) is 0. The highest BCUT2D eigenvalue weighted by Crippen LogP contribution is 2.34. The highest BCUT2D eigenvalue weighted by Gasteiger charge is 2.17. The highest BCUT2D eigenvalue weighted by atomic mass is 35.5. The van der Waals surface area contributed by atoms with Gasteiger partial charge in [-0.25, -0.2) is 0 Å². The molecule has 1 atom stereocenters. The Hall–Kier alpha value is -0.830. The van der Waals surface area contributed by atoms with Crippen LogP contribution in [0.5, 0.6) is 0 Å². The fraction of sp³-hybridized carbons (Fsp3) is 0.375. The minimum Gasteiger partial charge on any atom is -0.306 e. The molecule has 102 valence electrons. The fourth-order valence-electron chi connectivity index (χ4n) is 2.39. The average Bonchev–Trinajstić information content (AvgIpc) is 2.65. The molecular weight excluding hydrogens is 274 g/mol. The predicted molar refractivity (Wildman–Crippen MR) is 85.5 cm³/mol. The Kier molecular flexibility index (Phi) is 4.67. The third-order valence-corrected chi connectivity index (χ3v) is 4.77. The number of hydrogen-bond donors (Lipinski definition) is 1. The summed E-state index contributed by atoms with van der Waals surface area (Å²) in [5, 5.41) is 3.56. The van der Waals surface area contributed by atoms with Crippen LogP contribution in [-0.4, -0.2) is 6.54 Å². The first-order valence-electron chi connectivity index (χ1n) is 6.58. The number of rotatable bonds is 4. The third-order valence-electron chi connectivity index (χ3n) is 3.15. The van der Waals surface area contributed by atoms with Crippen molar-refractivity contribution >= 4 is 22.9 Å². The van der Waals surface area contributed by atoms with Gasteiger partial charge in [0.2, 0.25) is 0 Å². The van der Waals surface area contributed by atoms with E-state index in [9.17, 15) is 0 Å². The van der Waals surface area contributed by atoms with Crippen molar-refractivity contribution in [3.05, 3.63) is 55.7 Å². The number of nitrogens with one attached hydrogen (secondary N) is 1. The molecule has 3 heteroatoms. The molecule has 1 nitrogen and oxygen atoms in total. The van der Waals surface area contributed by atoms with Crippen LogP contribution in [0.3, 0.4) is 0 Å². The van der Waals surface area contributed by atoms with Gasteiger partial charge in [0.05, 0.1) is 10.4 Å². The number of aryl methyl sites for hydroxylation is 3. The lowest BCUT2D eigenvalue weighted by Gasteiger charge is -2.18. The molecule has 2 aromatic rings. The van der Waals surface area contributed by atoms with Crippen molar-refractivity contribution in [2.75, 3.05) is 6.54 Å². The molecule has 1 heterocycles. The average molecular weight is 294 g/mol. The first-order valence-corrected chi connectivity index (χ1v) is 7.78. The Morgan fingerprint density at radius 2 is 1.74 bits per heavy atom. The van der Waals surface area contributed by atoms with E-state index >= 15 is 0 Å². The van der Waals surface area contributed by atoms with Gasteiger partial charge in [-0.15, -0.1) is 11.3 Å². The van der Waals surface area contributed by atoms with E-state index in [2.05, 4.69) is 57.3 Å². The van der Waals surface area contributed by atoms with Crippen LogP contribution >= 0.6 is 22.9 Å². The fourth-order valence-corrected chi connectivity index (χ4v) is 3.71. The van der Waals surface area contributed by atoms with Crippen molar-refractivity contribution < 1.29 is 0 Å². The third kappa shape index (κ3) is 3.38.